The molecule has 0 unspecified atom stereocenters. The number of halogens is 1. The van der Waals surface area contributed by atoms with Gasteiger partial charge >= 0.3 is 5.97 Å². The SMILES string of the molecule is O=C(Cc1ccccc1C(=O)O)NCC1(c2ccc(Cl)cc2)CC1. The fraction of sp³-hybridized carbons (Fsp3) is 0.263. The first-order valence-corrected chi connectivity index (χ1v) is 8.22. The predicted octanol–water partition coefficient (Wildman–Crippen LogP) is 3.43. The highest BCUT2D eigenvalue weighted by Gasteiger charge is 2.44. The van der Waals surface area contributed by atoms with Gasteiger partial charge in [-0.25, -0.2) is 4.79 Å². The van der Waals surface area contributed by atoms with Gasteiger partial charge in [-0.2, -0.15) is 0 Å². The minimum atomic E-state index is -1.02. The maximum absolute atomic E-state index is 12.2. The lowest BCUT2D eigenvalue weighted by Gasteiger charge is -2.17. The highest BCUT2D eigenvalue weighted by Crippen LogP contribution is 2.47. The van der Waals surface area contributed by atoms with E-state index in [1.54, 1.807) is 18.2 Å². The average molecular weight is 344 g/mol. The van der Waals surface area contributed by atoms with Crippen molar-refractivity contribution in [3.05, 3.63) is 70.2 Å². The van der Waals surface area contributed by atoms with E-state index in [4.69, 9.17) is 11.6 Å². The molecule has 0 atom stereocenters. The van der Waals surface area contributed by atoms with E-state index in [0.29, 0.717) is 17.1 Å². The summed E-state index contributed by atoms with van der Waals surface area (Å²) in [5.74, 6) is -1.18. The van der Waals surface area contributed by atoms with Crippen LogP contribution >= 0.6 is 11.6 Å². The third-order valence-electron chi connectivity index (χ3n) is 4.53. The van der Waals surface area contributed by atoms with Gasteiger partial charge in [0.1, 0.15) is 0 Å². The molecule has 1 aliphatic rings. The molecule has 2 N–H and O–H groups in total. The normalized spacial score (nSPS) is 14.9. The Kier molecular flexibility index (Phi) is 4.58. The van der Waals surface area contributed by atoms with Crippen LogP contribution in [0.3, 0.4) is 0 Å². The zero-order valence-corrected chi connectivity index (χ0v) is 13.8. The average Bonchev–Trinajstić information content (AvgIpc) is 3.35. The summed E-state index contributed by atoms with van der Waals surface area (Å²) in [4.78, 5) is 23.4. The summed E-state index contributed by atoms with van der Waals surface area (Å²) in [7, 11) is 0. The minimum absolute atomic E-state index is 0.00738. The standard InChI is InChI=1S/C19H18ClNO3/c20-15-7-5-14(6-8-15)19(9-10-19)12-21-17(22)11-13-3-1-2-4-16(13)18(23)24/h1-8H,9-12H2,(H,21,22)(H,23,24). The number of carbonyl (C=O) groups is 2. The Morgan fingerprint density at radius 1 is 1.08 bits per heavy atom. The number of benzene rings is 2. The number of carboxylic acids is 1. The van der Waals surface area contributed by atoms with Gasteiger partial charge in [0, 0.05) is 17.0 Å². The van der Waals surface area contributed by atoms with Gasteiger partial charge in [-0.3, -0.25) is 4.79 Å². The van der Waals surface area contributed by atoms with Crippen LogP contribution in [0.4, 0.5) is 0 Å². The minimum Gasteiger partial charge on any atom is -0.478 e. The summed E-state index contributed by atoms with van der Waals surface area (Å²) in [5.41, 5.74) is 1.87. The first-order chi connectivity index (χ1) is 11.5. The molecule has 1 saturated carbocycles. The second-order valence-electron chi connectivity index (χ2n) is 6.20. The summed E-state index contributed by atoms with van der Waals surface area (Å²) < 4.78 is 0. The van der Waals surface area contributed by atoms with Gasteiger partial charge in [-0.15, -0.1) is 0 Å². The van der Waals surface area contributed by atoms with Crippen LogP contribution in [-0.4, -0.2) is 23.5 Å². The van der Waals surface area contributed by atoms with Crippen LogP contribution in [0.5, 0.6) is 0 Å². The van der Waals surface area contributed by atoms with E-state index in [1.807, 2.05) is 24.3 Å². The molecule has 0 aliphatic heterocycles. The highest BCUT2D eigenvalue weighted by atomic mass is 35.5. The van der Waals surface area contributed by atoms with Crippen LogP contribution in [0.1, 0.15) is 34.3 Å². The van der Waals surface area contributed by atoms with Gasteiger partial charge in [-0.05, 0) is 42.2 Å². The Morgan fingerprint density at radius 2 is 1.75 bits per heavy atom. The van der Waals surface area contributed by atoms with Gasteiger partial charge in [0.15, 0.2) is 0 Å². The van der Waals surface area contributed by atoms with Crippen molar-refractivity contribution in [3.8, 4) is 0 Å². The molecule has 5 heteroatoms. The van der Waals surface area contributed by atoms with E-state index < -0.39 is 5.97 Å². The zero-order valence-electron chi connectivity index (χ0n) is 13.1. The molecule has 4 nitrogen and oxygen atoms in total. The molecule has 2 aromatic rings. The molecule has 0 saturated heterocycles. The van der Waals surface area contributed by atoms with Crippen LogP contribution in [-0.2, 0) is 16.6 Å². The lowest BCUT2D eigenvalue weighted by molar-refractivity contribution is -0.120. The first-order valence-electron chi connectivity index (χ1n) is 7.84. The van der Waals surface area contributed by atoms with E-state index in [2.05, 4.69) is 5.32 Å². The molecule has 2 aromatic carbocycles. The molecule has 0 bridgehead atoms. The Balaban J connectivity index is 1.62. The monoisotopic (exact) mass is 343 g/mol. The highest BCUT2D eigenvalue weighted by molar-refractivity contribution is 6.30. The van der Waals surface area contributed by atoms with Crippen molar-refractivity contribution >= 4 is 23.5 Å². The summed E-state index contributed by atoms with van der Waals surface area (Å²) in [5, 5.41) is 12.8. The molecule has 1 fully saturated rings. The Hall–Kier alpha value is -2.33. The van der Waals surface area contributed by atoms with Crippen molar-refractivity contribution in [2.24, 2.45) is 0 Å². The van der Waals surface area contributed by atoms with Crippen molar-refractivity contribution in [2.45, 2.75) is 24.7 Å². The van der Waals surface area contributed by atoms with Crippen LogP contribution in [0.2, 0.25) is 5.02 Å². The van der Waals surface area contributed by atoms with Crippen molar-refractivity contribution in [3.63, 3.8) is 0 Å². The topological polar surface area (TPSA) is 66.4 Å². The van der Waals surface area contributed by atoms with Crippen LogP contribution in [0.15, 0.2) is 48.5 Å². The van der Waals surface area contributed by atoms with Crippen molar-refractivity contribution in [1.82, 2.24) is 5.32 Å². The van der Waals surface area contributed by atoms with Gasteiger partial charge in [-0.1, -0.05) is 41.9 Å². The zero-order chi connectivity index (χ0) is 17.2. The summed E-state index contributed by atoms with van der Waals surface area (Å²) in [6, 6.07) is 14.3. The predicted molar refractivity (Wildman–Crippen MR) is 92.5 cm³/mol. The second-order valence-corrected chi connectivity index (χ2v) is 6.64. The lowest BCUT2D eigenvalue weighted by Crippen LogP contribution is -2.33. The van der Waals surface area contributed by atoms with E-state index >= 15 is 0 Å². The molecule has 24 heavy (non-hydrogen) atoms. The molecule has 0 radical (unpaired) electrons. The molecule has 3 rings (SSSR count). The molecule has 124 valence electrons. The molecule has 0 heterocycles. The van der Waals surface area contributed by atoms with E-state index in [1.165, 1.54) is 11.6 Å². The summed E-state index contributed by atoms with van der Waals surface area (Å²) >= 11 is 5.92. The Morgan fingerprint density at radius 3 is 2.38 bits per heavy atom. The summed E-state index contributed by atoms with van der Waals surface area (Å²) in [6.07, 6.45) is 2.13. The van der Waals surface area contributed by atoms with Crippen LogP contribution in [0.25, 0.3) is 0 Å². The van der Waals surface area contributed by atoms with Gasteiger partial charge in [0.05, 0.1) is 12.0 Å². The molecule has 1 aliphatic carbocycles. The summed E-state index contributed by atoms with van der Waals surface area (Å²) in [6.45, 7) is 0.558. The third-order valence-corrected chi connectivity index (χ3v) is 4.78. The second kappa shape index (κ2) is 6.65. The number of nitrogens with one attached hydrogen (secondary N) is 1. The molecule has 1 amide bonds. The fourth-order valence-electron chi connectivity index (χ4n) is 2.91. The maximum Gasteiger partial charge on any atom is 0.335 e. The Labute approximate surface area is 145 Å². The van der Waals surface area contributed by atoms with E-state index in [9.17, 15) is 14.7 Å². The number of hydrogen-bond acceptors (Lipinski definition) is 2. The number of carboxylic acid groups (broad SMARTS) is 1. The molecule has 0 aromatic heterocycles. The quantitative estimate of drug-likeness (QED) is 0.844. The Bertz CT molecular complexity index is 766. The smallest absolute Gasteiger partial charge is 0.335 e. The fourth-order valence-corrected chi connectivity index (χ4v) is 3.03. The van der Waals surface area contributed by atoms with Crippen molar-refractivity contribution in [1.29, 1.82) is 0 Å². The van der Waals surface area contributed by atoms with Gasteiger partial charge in [0.2, 0.25) is 5.91 Å². The van der Waals surface area contributed by atoms with Crippen LogP contribution in [0, 0.1) is 0 Å². The molecular weight excluding hydrogens is 326 g/mol. The maximum atomic E-state index is 12.2. The number of aromatic carboxylic acids is 1. The van der Waals surface area contributed by atoms with Crippen molar-refractivity contribution < 1.29 is 14.7 Å². The van der Waals surface area contributed by atoms with Gasteiger partial charge in [0.25, 0.3) is 0 Å². The third kappa shape index (κ3) is 3.60. The number of carbonyl (C=O) groups excluding carboxylic acids is 1. The van der Waals surface area contributed by atoms with Crippen molar-refractivity contribution in [2.75, 3.05) is 6.54 Å². The van der Waals surface area contributed by atoms with E-state index in [-0.39, 0.29) is 23.3 Å². The largest absolute Gasteiger partial charge is 0.478 e. The first kappa shape index (κ1) is 16.5. The van der Waals surface area contributed by atoms with Gasteiger partial charge < -0.3 is 10.4 Å². The van der Waals surface area contributed by atoms with E-state index in [0.717, 1.165) is 12.8 Å². The number of hydrogen-bond donors (Lipinski definition) is 2. The molecule has 0 spiro atoms. The van der Waals surface area contributed by atoms with Crippen LogP contribution < -0.4 is 5.32 Å². The number of amides is 1. The molecular formula is C19H18ClNO3. The lowest BCUT2D eigenvalue weighted by atomic mass is 9.96. The number of rotatable bonds is 6.